The molecule has 0 saturated heterocycles. The lowest BCUT2D eigenvalue weighted by Gasteiger charge is -2.08. The van der Waals surface area contributed by atoms with E-state index >= 15 is 0 Å². The van der Waals surface area contributed by atoms with Crippen LogP contribution in [-0.4, -0.2) is 43.5 Å². The number of nitro groups is 1. The second-order valence-corrected chi connectivity index (χ2v) is 7.95. The molecule has 3 rings (SSSR count). The molecule has 144 valence electrons. The first-order chi connectivity index (χ1) is 13.3. The van der Waals surface area contributed by atoms with Crippen LogP contribution in [0.15, 0.2) is 40.4 Å². The van der Waals surface area contributed by atoms with E-state index in [1.807, 2.05) is 0 Å². The van der Waals surface area contributed by atoms with Gasteiger partial charge >= 0.3 is 5.97 Å². The van der Waals surface area contributed by atoms with Crippen molar-refractivity contribution >= 4 is 52.1 Å². The Morgan fingerprint density at radius 3 is 2.75 bits per heavy atom. The Bertz CT molecular complexity index is 1070. The van der Waals surface area contributed by atoms with Gasteiger partial charge in [0.1, 0.15) is 0 Å². The second-order valence-electron chi connectivity index (χ2n) is 5.23. The van der Waals surface area contributed by atoms with Gasteiger partial charge in [-0.3, -0.25) is 14.9 Å². The van der Waals surface area contributed by atoms with Crippen molar-refractivity contribution in [1.29, 1.82) is 0 Å². The molecule has 3 aromatic rings. The number of halogens is 1. The Morgan fingerprint density at radius 1 is 1.36 bits per heavy atom. The first-order valence-corrected chi connectivity index (χ1v) is 9.50. The number of carbonyl (C=O) groups excluding carboxylic acids is 2. The van der Waals surface area contributed by atoms with Gasteiger partial charge in [0, 0.05) is 24.1 Å². The maximum absolute atomic E-state index is 12.5. The number of thiophene rings is 1. The predicted molar refractivity (Wildman–Crippen MR) is 100.0 cm³/mol. The molecule has 28 heavy (non-hydrogen) atoms. The van der Waals surface area contributed by atoms with E-state index in [1.54, 1.807) is 13.1 Å². The van der Waals surface area contributed by atoms with Crippen molar-refractivity contribution in [1.82, 2.24) is 20.2 Å². The van der Waals surface area contributed by atoms with Crippen LogP contribution in [0.4, 0.5) is 5.69 Å². The molecule has 1 aromatic carbocycles. The van der Waals surface area contributed by atoms with Crippen LogP contribution in [-0.2, 0) is 11.8 Å². The van der Waals surface area contributed by atoms with Gasteiger partial charge in [-0.15, -0.1) is 16.4 Å². The largest absolute Gasteiger partial charge is 0.454 e. The zero-order chi connectivity index (χ0) is 20.3. The number of ketones is 1. The number of tetrazole rings is 1. The standard InChI is InChI=1S/C15H10ClN5O5S2/c1-20-15(17-18-19-20)28-11-3-2-8(21(24)25)6-9(11)14(23)26-7-10(22)12-4-5-13(16)27-12/h2-6H,7H2,1H3. The summed E-state index contributed by atoms with van der Waals surface area (Å²) in [5, 5.41) is 22.4. The summed E-state index contributed by atoms with van der Waals surface area (Å²) in [6.45, 7) is -0.520. The molecule has 0 amide bonds. The average Bonchev–Trinajstić information content (AvgIpc) is 3.28. The van der Waals surface area contributed by atoms with Crippen molar-refractivity contribution in [2.24, 2.45) is 7.05 Å². The van der Waals surface area contributed by atoms with E-state index < -0.39 is 23.3 Å². The lowest BCUT2D eigenvalue weighted by atomic mass is 10.2. The minimum absolute atomic E-state index is 0.0702. The minimum atomic E-state index is -0.877. The molecule has 0 spiro atoms. The van der Waals surface area contributed by atoms with Crippen LogP contribution in [0.5, 0.6) is 0 Å². The van der Waals surface area contributed by atoms with Crippen molar-refractivity contribution in [3.8, 4) is 0 Å². The summed E-state index contributed by atoms with van der Waals surface area (Å²) < 4.78 is 6.87. The summed E-state index contributed by atoms with van der Waals surface area (Å²) in [5.74, 6) is -1.31. The zero-order valence-electron chi connectivity index (χ0n) is 14.1. The molecule has 10 nitrogen and oxygen atoms in total. The van der Waals surface area contributed by atoms with Gasteiger partial charge in [-0.1, -0.05) is 11.6 Å². The topological polar surface area (TPSA) is 130 Å². The van der Waals surface area contributed by atoms with Crippen LogP contribution in [0.25, 0.3) is 0 Å². The number of hydrogen-bond acceptors (Lipinski definition) is 10. The highest BCUT2D eigenvalue weighted by atomic mass is 35.5. The second kappa shape index (κ2) is 8.46. The van der Waals surface area contributed by atoms with Gasteiger partial charge in [0.15, 0.2) is 6.61 Å². The molecule has 0 aliphatic carbocycles. The van der Waals surface area contributed by atoms with Gasteiger partial charge < -0.3 is 4.74 Å². The highest BCUT2D eigenvalue weighted by molar-refractivity contribution is 7.99. The van der Waals surface area contributed by atoms with Crippen LogP contribution in [0.3, 0.4) is 0 Å². The van der Waals surface area contributed by atoms with Gasteiger partial charge in [0.25, 0.3) is 5.69 Å². The van der Waals surface area contributed by atoms with Gasteiger partial charge in [-0.2, -0.15) is 0 Å². The third-order valence-electron chi connectivity index (χ3n) is 3.36. The number of Topliss-reactive ketones (excluding diaryl/α,β-unsaturated/α-hetero) is 1. The summed E-state index contributed by atoms with van der Waals surface area (Å²) in [6, 6.07) is 6.82. The zero-order valence-corrected chi connectivity index (χ0v) is 16.5. The van der Waals surface area contributed by atoms with Crippen LogP contribution in [0.2, 0.25) is 4.34 Å². The Balaban J connectivity index is 1.82. The molecular formula is C15H10ClN5O5S2. The third-order valence-corrected chi connectivity index (χ3v) is 5.74. The number of benzene rings is 1. The van der Waals surface area contributed by atoms with E-state index in [-0.39, 0.29) is 11.3 Å². The van der Waals surface area contributed by atoms with Crippen LogP contribution in [0.1, 0.15) is 20.0 Å². The molecule has 0 aliphatic rings. The van der Waals surface area contributed by atoms with E-state index in [4.69, 9.17) is 16.3 Å². The Labute approximate surface area is 170 Å². The van der Waals surface area contributed by atoms with Crippen molar-refractivity contribution in [2.75, 3.05) is 6.61 Å². The first kappa shape index (κ1) is 19.9. The normalized spacial score (nSPS) is 10.6. The van der Waals surface area contributed by atoms with Gasteiger partial charge in [0.05, 0.1) is 19.7 Å². The van der Waals surface area contributed by atoms with E-state index in [2.05, 4.69) is 15.5 Å². The highest BCUT2D eigenvalue weighted by Crippen LogP contribution is 2.31. The molecular weight excluding hydrogens is 430 g/mol. The number of hydrogen-bond donors (Lipinski definition) is 0. The maximum atomic E-state index is 12.5. The fourth-order valence-electron chi connectivity index (χ4n) is 2.03. The number of nitro benzene ring substituents is 1. The fourth-order valence-corrected chi connectivity index (χ4v) is 3.83. The molecule has 0 atom stereocenters. The highest BCUT2D eigenvalue weighted by Gasteiger charge is 2.21. The predicted octanol–water partition coefficient (Wildman–Crippen LogP) is 3.02. The number of non-ortho nitro benzene ring substituents is 1. The average molecular weight is 440 g/mol. The summed E-state index contributed by atoms with van der Waals surface area (Å²) in [4.78, 5) is 35.7. The number of nitrogens with zero attached hydrogens (tertiary/aromatic N) is 5. The molecule has 2 heterocycles. The van der Waals surface area contributed by atoms with E-state index in [9.17, 15) is 19.7 Å². The molecule has 0 N–H and O–H groups in total. The number of aryl methyl sites for hydroxylation is 1. The summed E-state index contributed by atoms with van der Waals surface area (Å²) in [7, 11) is 1.61. The molecule has 0 unspecified atom stereocenters. The van der Waals surface area contributed by atoms with Crippen molar-refractivity contribution in [2.45, 2.75) is 10.1 Å². The molecule has 13 heteroatoms. The molecule has 0 bridgehead atoms. The molecule has 2 aromatic heterocycles. The molecule has 0 fully saturated rings. The van der Waals surface area contributed by atoms with Crippen molar-refractivity contribution in [3.05, 3.63) is 55.2 Å². The number of carbonyl (C=O) groups is 2. The van der Waals surface area contributed by atoms with Crippen molar-refractivity contribution < 1.29 is 19.2 Å². The Hall–Kier alpha value is -2.83. The maximum Gasteiger partial charge on any atom is 0.339 e. The SMILES string of the molecule is Cn1nnnc1Sc1ccc([N+](=O)[O-])cc1C(=O)OCC(=O)c1ccc(Cl)s1. The van der Waals surface area contributed by atoms with E-state index in [0.717, 1.165) is 29.2 Å². The van der Waals surface area contributed by atoms with Crippen LogP contribution < -0.4 is 0 Å². The van der Waals surface area contributed by atoms with Crippen LogP contribution >= 0.6 is 34.7 Å². The van der Waals surface area contributed by atoms with Gasteiger partial charge in [-0.25, -0.2) is 9.48 Å². The van der Waals surface area contributed by atoms with Gasteiger partial charge in [-0.05, 0) is 40.4 Å². The lowest BCUT2D eigenvalue weighted by molar-refractivity contribution is -0.384. The number of esters is 1. The smallest absolute Gasteiger partial charge is 0.339 e. The molecule has 0 aliphatic heterocycles. The molecule has 0 radical (unpaired) electrons. The monoisotopic (exact) mass is 439 g/mol. The summed E-state index contributed by atoms with van der Waals surface area (Å²) in [5.41, 5.74) is -0.358. The lowest BCUT2D eigenvalue weighted by Crippen LogP contribution is -2.14. The Morgan fingerprint density at radius 2 is 2.14 bits per heavy atom. The van der Waals surface area contributed by atoms with Crippen molar-refractivity contribution in [3.63, 3.8) is 0 Å². The Kier molecular flexibility index (Phi) is 6.02. The summed E-state index contributed by atoms with van der Waals surface area (Å²) >= 11 is 7.88. The third kappa shape index (κ3) is 4.52. The summed E-state index contributed by atoms with van der Waals surface area (Å²) in [6.07, 6.45) is 0. The number of ether oxygens (including phenoxy) is 1. The quantitative estimate of drug-likeness (QED) is 0.236. The van der Waals surface area contributed by atoms with Crippen LogP contribution in [0, 0.1) is 10.1 Å². The fraction of sp³-hybridized carbons (Fsp3) is 0.133. The van der Waals surface area contributed by atoms with E-state index in [1.165, 1.54) is 22.9 Å². The molecule has 0 saturated carbocycles. The van der Waals surface area contributed by atoms with E-state index in [0.29, 0.717) is 19.3 Å². The number of rotatable bonds is 7. The van der Waals surface area contributed by atoms with Gasteiger partial charge in [0.2, 0.25) is 10.9 Å². The number of aromatic nitrogens is 4. The first-order valence-electron chi connectivity index (χ1n) is 7.49. The minimum Gasteiger partial charge on any atom is -0.454 e.